The average Bonchev–Trinajstić information content (AvgIpc) is 2.56. The molecule has 2 rings (SSSR count). The Bertz CT molecular complexity index is 564. The van der Waals surface area contributed by atoms with Crippen molar-refractivity contribution in [3.63, 3.8) is 0 Å². The van der Waals surface area contributed by atoms with E-state index in [1.54, 1.807) is 12.2 Å². The average molecular weight is 280 g/mol. The first-order chi connectivity index (χ1) is 10.2. The molecule has 0 radical (unpaired) electrons. The first kappa shape index (κ1) is 15.0. The quantitative estimate of drug-likeness (QED) is 0.597. The molecule has 0 fully saturated rings. The van der Waals surface area contributed by atoms with Crippen LogP contribution in [0.5, 0.6) is 0 Å². The standard InChI is InChI=1S/C18H20N2O/c1-15(20(2)21-3)14-19-18(16-10-6-4-7-11-16)17-12-8-5-9-13-17/h4-13H,1,14H2,2-3H3. The maximum atomic E-state index is 5.12. The van der Waals surface area contributed by atoms with E-state index in [1.807, 2.05) is 43.4 Å². The molecule has 0 amide bonds. The summed E-state index contributed by atoms with van der Waals surface area (Å²) in [5.74, 6) is 0. The second kappa shape index (κ2) is 7.41. The molecule has 0 heterocycles. The Kier molecular flexibility index (Phi) is 5.29. The molecule has 0 N–H and O–H groups in total. The van der Waals surface area contributed by atoms with Crippen LogP contribution < -0.4 is 0 Å². The summed E-state index contributed by atoms with van der Waals surface area (Å²) < 4.78 is 0. The molecule has 0 saturated heterocycles. The van der Waals surface area contributed by atoms with Gasteiger partial charge in [0, 0.05) is 18.2 Å². The lowest BCUT2D eigenvalue weighted by Crippen LogP contribution is -2.18. The van der Waals surface area contributed by atoms with Gasteiger partial charge >= 0.3 is 0 Å². The van der Waals surface area contributed by atoms with Crippen molar-refractivity contribution >= 4 is 5.71 Å². The lowest BCUT2D eigenvalue weighted by Gasteiger charge is -2.17. The van der Waals surface area contributed by atoms with Gasteiger partial charge in [0.15, 0.2) is 0 Å². The third-order valence-electron chi connectivity index (χ3n) is 3.23. The van der Waals surface area contributed by atoms with E-state index >= 15 is 0 Å². The van der Waals surface area contributed by atoms with Gasteiger partial charge in [0.1, 0.15) is 0 Å². The third-order valence-corrected chi connectivity index (χ3v) is 3.23. The van der Waals surface area contributed by atoms with E-state index in [4.69, 9.17) is 9.83 Å². The molecule has 3 heteroatoms. The first-order valence-electron chi connectivity index (χ1n) is 6.83. The molecule has 3 nitrogen and oxygen atoms in total. The van der Waals surface area contributed by atoms with Crippen LogP contribution in [0.15, 0.2) is 77.9 Å². The molecule has 0 atom stereocenters. The SMILES string of the molecule is C=C(CN=C(c1ccccc1)c1ccccc1)N(C)OC. The highest BCUT2D eigenvalue weighted by molar-refractivity contribution is 6.12. The number of nitrogens with zero attached hydrogens (tertiary/aromatic N) is 2. The van der Waals surface area contributed by atoms with Gasteiger partial charge in [-0.3, -0.25) is 14.9 Å². The van der Waals surface area contributed by atoms with E-state index in [2.05, 4.69) is 30.8 Å². The molecule has 0 spiro atoms. The van der Waals surface area contributed by atoms with Gasteiger partial charge < -0.3 is 0 Å². The van der Waals surface area contributed by atoms with Crippen molar-refractivity contribution in [3.8, 4) is 0 Å². The maximum Gasteiger partial charge on any atom is 0.0813 e. The minimum absolute atomic E-state index is 0.490. The molecule has 0 aliphatic heterocycles. The zero-order chi connectivity index (χ0) is 15.1. The molecule has 0 aromatic heterocycles. The minimum atomic E-state index is 0.490. The van der Waals surface area contributed by atoms with Crippen LogP contribution in [0.2, 0.25) is 0 Å². The summed E-state index contributed by atoms with van der Waals surface area (Å²) in [6.07, 6.45) is 0. The lowest BCUT2D eigenvalue weighted by molar-refractivity contribution is -0.0774. The van der Waals surface area contributed by atoms with Gasteiger partial charge in [0.05, 0.1) is 25.1 Å². The lowest BCUT2D eigenvalue weighted by atomic mass is 10.0. The Morgan fingerprint density at radius 3 is 1.90 bits per heavy atom. The molecule has 21 heavy (non-hydrogen) atoms. The number of hydrogen-bond acceptors (Lipinski definition) is 3. The zero-order valence-corrected chi connectivity index (χ0v) is 12.5. The van der Waals surface area contributed by atoms with Gasteiger partial charge in [-0.1, -0.05) is 67.2 Å². The Morgan fingerprint density at radius 1 is 1.00 bits per heavy atom. The van der Waals surface area contributed by atoms with E-state index in [9.17, 15) is 0 Å². The van der Waals surface area contributed by atoms with Crippen LogP contribution in [0, 0.1) is 0 Å². The molecule has 0 aliphatic carbocycles. The molecular weight excluding hydrogens is 260 g/mol. The number of aliphatic imine (C=N–C) groups is 1. The second-order valence-electron chi connectivity index (χ2n) is 4.64. The summed E-state index contributed by atoms with van der Waals surface area (Å²) in [6.45, 7) is 4.47. The largest absolute Gasteiger partial charge is 0.278 e. The second-order valence-corrected chi connectivity index (χ2v) is 4.64. The predicted molar refractivity (Wildman–Crippen MR) is 87.3 cm³/mol. The summed E-state index contributed by atoms with van der Waals surface area (Å²) in [6, 6.07) is 20.3. The molecule has 108 valence electrons. The Morgan fingerprint density at radius 2 is 1.48 bits per heavy atom. The Balaban J connectivity index is 2.31. The van der Waals surface area contributed by atoms with Crippen LogP contribution in [-0.2, 0) is 4.84 Å². The number of hydroxylamine groups is 2. The highest BCUT2D eigenvalue weighted by Crippen LogP contribution is 2.12. The molecule has 0 aliphatic rings. The van der Waals surface area contributed by atoms with Crippen molar-refractivity contribution < 1.29 is 4.84 Å². The van der Waals surface area contributed by atoms with Gasteiger partial charge in [-0.15, -0.1) is 0 Å². The molecule has 2 aromatic rings. The van der Waals surface area contributed by atoms with Gasteiger partial charge in [0.25, 0.3) is 0 Å². The summed E-state index contributed by atoms with van der Waals surface area (Å²) in [7, 11) is 3.44. The van der Waals surface area contributed by atoms with Crippen molar-refractivity contribution in [1.82, 2.24) is 5.06 Å². The van der Waals surface area contributed by atoms with Gasteiger partial charge in [0.2, 0.25) is 0 Å². The Hall–Kier alpha value is -2.39. The van der Waals surface area contributed by atoms with Crippen molar-refractivity contribution in [3.05, 3.63) is 84.1 Å². The van der Waals surface area contributed by atoms with E-state index in [-0.39, 0.29) is 0 Å². The number of benzene rings is 2. The number of likely N-dealkylation sites (N-methyl/N-ethyl adjacent to an activating group) is 1. The predicted octanol–water partition coefficient (Wildman–Crippen LogP) is 3.53. The summed E-state index contributed by atoms with van der Waals surface area (Å²) in [5, 5.41) is 1.62. The van der Waals surface area contributed by atoms with E-state index in [0.717, 1.165) is 22.5 Å². The van der Waals surface area contributed by atoms with E-state index in [1.165, 1.54) is 0 Å². The number of hydrogen-bond donors (Lipinski definition) is 0. The Labute approximate surface area is 126 Å². The smallest absolute Gasteiger partial charge is 0.0813 e. The molecular formula is C18H20N2O. The highest BCUT2D eigenvalue weighted by Gasteiger charge is 2.07. The van der Waals surface area contributed by atoms with Crippen LogP contribution >= 0.6 is 0 Å². The van der Waals surface area contributed by atoms with Gasteiger partial charge in [-0.2, -0.15) is 0 Å². The fourth-order valence-corrected chi connectivity index (χ4v) is 1.94. The molecule has 2 aromatic carbocycles. The van der Waals surface area contributed by atoms with Crippen molar-refractivity contribution in [2.75, 3.05) is 20.7 Å². The fraction of sp³-hybridized carbons (Fsp3) is 0.167. The van der Waals surface area contributed by atoms with E-state index < -0.39 is 0 Å². The van der Waals surface area contributed by atoms with Crippen LogP contribution in [0.3, 0.4) is 0 Å². The molecule has 0 bridgehead atoms. The van der Waals surface area contributed by atoms with Gasteiger partial charge in [-0.05, 0) is 0 Å². The summed E-state index contributed by atoms with van der Waals surface area (Å²) in [4.78, 5) is 9.85. The highest BCUT2D eigenvalue weighted by atomic mass is 16.7. The minimum Gasteiger partial charge on any atom is -0.278 e. The topological polar surface area (TPSA) is 24.8 Å². The fourth-order valence-electron chi connectivity index (χ4n) is 1.94. The molecule has 0 unspecified atom stereocenters. The first-order valence-corrected chi connectivity index (χ1v) is 6.83. The normalized spacial score (nSPS) is 10.0. The molecule has 0 saturated carbocycles. The maximum absolute atomic E-state index is 5.12. The van der Waals surface area contributed by atoms with Crippen molar-refractivity contribution in [2.24, 2.45) is 4.99 Å². The van der Waals surface area contributed by atoms with Crippen molar-refractivity contribution in [2.45, 2.75) is 0 Å². The summed E-state index contributed by atoms with van der Waals surface area (Å²) in [5.41, 5.74) is 3.96. The monoisotopic (exact) mass is 280 g/mol. The van der Waals surface area contributed by atoms with Crippen LogP contribution in [0.4, 0.5) is 0 Å². The van der Waals surface area contributed by atoms with Crippen LogP contribution in [0.25, 0.3) is 0 Å². The van der Waals surface area contributed by atoms with Crippen LogP contribution in [-0.4, -0.2) is 31.5 Å². The third kappa shape index (κ3) is 4.04. The zero-order valence-electron chi connectivity index (χ0n) is 12.5. The van der Waals surface area contributed by atoms with Crippen molar-refractivity contribution in [1.29, 1.82) is 0 Å². The van der Waals surface area contributed by atoms with E-state index in [0.29, 0.717) is 6.54 Å². The summed E-state index contributed by atoms with van der Waals surface area (Å²) >= 11 is 0. The van der Waals surface area contributed by atoms with Crippen LogP contribution in [0.1, 0.15) is 11.1 Å². The number of rotatable bonds is 6. The van der Waals surface area contributed by atoms with Gasteiger partial charge in [-0.25, -0.2) is 0 Å².